The van der Waals surface area contributed by atoms with Gasteiger partial charge in [-0.15, -0.1) is 0 Å². The van der Waals surface area contributed by atoms with E-state index in [1.54, 1.807) is 10.8 Å². The fourth-order valence-electron chi connectivity index (χ4n) is 0.999. The smallest absolute Gasteiger partial charge is 0.294 e. The second kappa shape index (κ2) is 2.73. The first-order chi connectivity index (χ1) is 5.41. The van der Waals surface area contributed by atoms with E-state index in [2.05, 4.69) is 4.98 Å². The topological polar surface area (TPSA) is 34.9 Å². The fraction of sp³-hybridized carbons (Fsp3) is 0.556. The van der Waals surface area contributed by atoms with Crippen molar-refractivity contribution in [1.82, 2.24) is 9.55 Å². The molecule has 0 aromatic carbocycles. The third kappa shape index (κ3) is 1.72. The quantitative estimate of drug-likeness (QED) is 0.582. The van der Waals surface area contributed by atoms with Gasteiger partial charge in [-0.05, 0) is 33.8 Å². The van der Waals surface area contributed by atoms with Crippen LogP contribution in [0.3, 0.4) is 0 Å². The molecule has 0 saturated carbocycles. The molecule has 1 aromatic heterocycles. The van der Waals surface area contributed by atoms with Crippen molar-refractivity contribution in [3.8, 4) is 0 Å². The molecule has 0 aliphatic rings. The van der Waals surface area contributed by atoms with Crippen molar-refractivity contribution in [2.75, 3.05) is 0 Å². The molecule has 1 aromatic rings. The van der Waals surface area contributed by atoms with Crippen molar-refractivity contribution in [3.05, 3.63) is 28.4 Å². The van der Waals surface area contributed by atoms with Gasteiger partial charge in [0, 0.05) is 17.4 Å². The van der Waals surface area contributed by atoms with Gasteiger partial charge < -0.3 is 0 Å². The molecule has 3 heteroatoms. The van der Waals surface area contributed by atoms with E-state index in [1.165, 1.54) is 0 Å². The highest BCUT2D eigenvalue weighted by molar-refractivity contribution is 4.97. The Balaban J connectivity index is 3.29. The van der Waals surface area contributed by atoms with E-state index < -0.39 is 0 Å². The van der Waals surface area contributed by atoms with E-state index >= 15 is 0 Å². The van der Waals surface area contributed by atoms with Crippen LogP contribution in [0.5, 0.6) is 0 Å². The maximum absolute atomic E-state index is 11.3. The van der Waals surface area contributed by atoms with Gasteiger partial charge in [0.1, 0.15) is 0 Å². The molecule has 0 spiro atoms. The average molecular weight is 166 g/mol. The fourth-order valence-corrected chi connectivity index (χ4v) is 0.999. The summed E-state index contributed by atoms with van der Waals surface area (Å²) in [6.07, 6.45) is 1.78. The normalized spacial score (nSPS) is 11.7. The molecule has 0 radical (unpaired) electrons. The predicted molar refractivity (Wildman–Crippen MR) is 48.2 cm³/mol. The minimum absolute atomic E-state index is 0.178. The van der Waals surface area contributed by atoms with Gasteiger partial charge in [-0.2, -0.15) is 4.98 Å². The van der Waals surface area contributed by atoms with Crippen molar-refractivity contribution in [2.45, 2.75) is 33.2 Å². The lowest BCUT2D eigenvalue weighted by Gasteiger charge is -2.21. The summed E-state index contributed by atoms with van der Waals surface area (Å²) in [6.45, 7) is 7.75. The van der Waals surface area contributed by atoms with Crippen LogP contribution >= 0.6 is 0 Å². The summed E-state index contributed by atoms with van der Waals surface area (Å²) in [5.41, 5.74) is 0.403. The summed E-state index contributed by atoms with van der Waals surface area (Å²) >= 11 is 0. The molecular weight excluding hydrogens is 152 g/mol. The monoisotopic (exact) mass is 166 g/mol. The van der Waals surface area contributed by atoms with E-state index in [1.807, 2.05) is 33.8 Å². The van der Waals surface area contributed by atoms with Crippen LogP contribution in [0.1, 0.15) is 26.5 Å². The third-order valence-corrected chi connectivity index (χ3v) is 1.67. The summed E-state index contributed by atoms with van der Waals surface area (Å²) in [6, 6.07) is 1.84. The highest BCUT2D eigenvalue weighted by Gasteiger charge is 2.13. The number of hydrogen-bond acceptors (Lipinski definition) is 2. The van der Waals surface area contributed by atoms with E-state index in [0.29, 0.717) is 0 Å². The van der Waals surface area contributed by atoms with Crippen molar-refractivity contribution in [3.63, 3.8) is 0 Å². The van der Waals surface area contributed by atoms with Crippen molar-refractivity contribution in [1.29, 1.82) is 0 Å². The Kier molecular flexibility index (Phi) is 2.04. The highest BCUT2D eigenvalue weighted by atomic mass is 16.1. The van der Waals surface area contributed by atoms with Crippen LogP contribution in [-0.4, -0.2) is 9.55 Å². The molecule has 0 aliphatic carbocycles. The van der Waals surface area contributed by atoms with E-state index in [-0.39, 0.29) is 11.2 Å². The zero-order valence-electron chi connectivity index (χ0n) is 7.96. The minimum atomic E-state index is -0.183. The molecule has 0 unspecified atom stereocenters. The van der Waals surface area contributed by atoms with Crippen LogP contribution in [0.2, 0.25) is 0 Å². The molecule has 0 aliphatic heterocycles. The van der Waals surface area contributed by atoms with Crippen LogP contribution in [0.4, 0.5) is 0 Å². The van der Waals surface area contributed by atoms with Crippen molar-refractivity contribution >= 4 is 0 Å². The zero-order valence-corrected chi connectivity index (χ0v) is 7.96. The average Bonchev–Trinajstić information content (AvgIpc) is 1.83. The highest BCUT2D eigenvalue weighted by Crippen LogP contribution is 2.09. The third-order valence-electron chi connectivity index (χ3n) is 1.67. The first-order valence-electron chi connectivity index (χ1n) is 3.98. The number of aromatic nitrogens is 2. The molecule has 66 valence electrons. The second-order valence-electron chi connectivity index (χ2n) is 3.89. The summed E-state index contributed by atoms with van der Waals surface area (Å²) in [7, 11) is 0. The summed E-state index contributed by atoms with van der Waals surface area (Å²) in [4.78, 5) is 15.2. The van der Waals surface area contributed by atoms with E-state index in [9.17, 15) is 4.79 Å². The van der Waals surface area contributed by atoms with Crippen molar-refractivity contribution < 1.29 is 0 Å². The Morgan fingerprint density at radius 2 is 2.00 bits per heavy atom. The standard InChI is InChI=1S/C9H14N2O/c1-7-5-6-11(8(12)10-7)9(2,3)4/h5-6H,1-4H3. The maximum atomic E-state index is 11.3. The van der Waals surface area contributed by atoms with Gasteiger partial charge in [0.15, 0.2) is 0 Å². The number of nitrogens with zero attached hydrogens (tertiary/aromatic N) is 2. The molecule has 0 saturated heterocycles. The largest absolute Gasteiger partial charge is 0.348 e. The van der Waals surface area contributed by atoms with E-state index in [4.69, 9.17) is 0 Å². The Bertz CT molecular complexity index is 333. The first kappa shape index (κ1) is 8.97. The van der Waals surface area contributed by atoms with Crippen molar-refractivity contribution in [2.24, 2.45) is 0 Å². The lowest BCUT2D eigenvalue weighted by molar-refractivity contribution is 0.376. The SMILES string of the molecule is Cc1ccn(C(C)(C)C)c(=O)n1. The summed E-state index contributed by atoms with van der Waals surface area (Å²) in [5.74, 6) is 0. The molecule has 0 N–H and O–H groups in total. The number of hydrogen-bond donors (Lipinski definition) is 0. The van der Waals surface area contributed by atoms with Gasteiger partial charge in [-0.3, -0.25) is 4.57 Å². The molecule has 3 nitrogen and oxygen atoms in total. The lowest BCUT2D eigenvalue weighted by Crippen LogP contribution is -2.34. The van der Waals surface area contributed by atoms with Crippen LogP contribution in [0.15, 0.2) is 17.1 Å². The summed E-state index contributed by atoms with van der Waals surface area (Å²) < 4.78 is 1.62. The molecule has 1 rings (SSSR count). The van der Waals surface area contributed by atoms with Gasteiger partial charge in [0.25, 0.3) is 0 Å². The van der Waals surface area contributed by atoms with Crippen LogP contribution in [0, 0.1) is 6.92 Å². The Labute approximate surface area is 72.1 Å². The van der Waals surface area contributed by atoms with Gasteiger partial charge in [0.2, 0.25) is 0 Å². The minimum Gasteiger partial charge on any atom is -0.294 e. The molecule has 0 atom stereocenters. The molecule has 1 heterocycles. The van der Waals surface area contributed by atoms with Crippen LogP contribution < -0.4 is 5.69 Å². The molecular formula is C9H14N2O. The number of aryl methyl sites for hydroxylation is 1. The van der Waals surface area contributed by atoms with Gasteiger partial charge in [-0.1, -0.05) is 0 Å². The zero-order chi connectivity index (χ0) is 9.35. The maximum Gasteiger partial charge on any atom is 0.348 e. The molecule has 12 heavy (non-hydrogen) atoms. The van der Waals surface area contributed by atoms with E-state index in [0.717, 1.165) is 5.69 Å². The predicted octanol–water partition coefficient (Wildman–Crippen LogP) is 1.31. The Morgan fingerprint density at radius 3 is 2.42 bits per heavy atom. The Morgan fingerprint density at radius 1 is 1.42 bits per heavy atom. The van der Waals surface area contributed by atoms with Crippen LogP contribution in [-0.2, 0) is 5.54 Å². The van der Waals surface area contributed by atoms with Gasteiger partial charge in [0.05, 0.1) is 0 Å². The number of rotatable bonds is 0. The summed E-state index contributed by atoms with van der Waals surface area (Å²) in [5, 5.41) is 0. The van der Waals surface area contributed by atoms with Gasteiger partial charge >= 0.3 is 5.69 Å². The van der Waals surface area contributed by atoms with Gasteiger partial charge in [-0.25, -0.2) is 4.79 Å². The first-order valence-corrected chi connectivity index (χ1v) is 3.98. The molecule has 0 amide bonds. The Hall–Kier alpha value is -1.12. The second-order valence-corrected chi connectivity index (χ2v) is 3.89. The molecule has 0 fully saturated rings. The molecule has 0 bridgehead atoms. The van der Waals surface area contributed by atoms with Crippen LogP contribution in [0.25, 0.3) is 0 Å². The lowest BCUT2D eigenvalue weighted by atomic mass is 10.1.